The number of carbonyl (C=O) groups is 3. The SMILES string of the molecule is C=CCc1cc(/C=C2/SC(=O)N(CC(=O)Nc3ccccc3Cl)C2=O)cc(OCC)c1OCc1ccc(I)cc1. The topological polar surface area (TPSA) is 84.9 Å². The molecule has 0 aliphatic carbocycles. The van der Waals surface area contributed by atoms with Gasteiger partial charge in [0.15, 0.2) is 11.5 Å². The predicted molar refractivity (Wildman–Crippen MR) is 168 cm³/mol. The van der Waals surface area contributed by atoms with E-state index in [2.05, 4.69) is 34.5 Å². The van der Waals surface area contributed by atoms with Crippen molar-refractivity contribution in [2.24, 2.45) is 0 Å². The lowest BCUT2D eigenvalue weighted by atomic mass is 10.0. The van der Waals surface area contributed by atoms with Crippen LogP contribution in [0.15, 0.2) is 78.2 Å². The number of hydrogen-bond acceptors (Lipinski definition) is 6. The third-order valence-electron chi connectivity index (χ3n) is 5.74. The lowest BCUT2D eigenvalue weighted by Gasteiger charge is -2.17. The summed E-state index contributed by atoms with van der Waals surface area (Å²) in [5.41, 5.74) is 2.91. The molecule has 206 valence electrons. The van der Waals surface area contributed by atoms with Gasteiger partial charge in [-0.1, -0.05) is 41.9 Å². The van der Waals surface area contributed by atoms with Crippen LogP contribution in [-0.4, -0.2) is 35.1 Å². The van der Waals surface area contributed by atoms with Crippen LogP contribution in [0.1, 0.15) is 23.6 Å². The van der Waals surface area contributed by atoms with Gasteiger partial charge in [-0.15, -0.1) is 6.58 Å². The van der Waals surface area contributed by atoms with Gasteiger partial charge in [-0.3, -0.25) is 19.3 Å². The molecule has 10 heteroatoms. The second kappa shape index (κ2) is 13.9. The van der Waals surface area contributed by atoms with Crippen molar-refractivity contribution in [2.75, 3.05) is 18.5 Å². The third kappa shape index (κ3) is 7.47. The van der Waals surface area contributed by atoms with E-state index in [1.165, 1.54) is 0 Å². The van der Waals surface area contributed by atoms with E-state index in [4.69, 9.17) is 21.1 Å². The first-order chi connectivity index (χ1) is 19.3. The van der Waals surface area contributed by atoms with Gasteiger partial charge in [-0.05, 0) is 101 Å². The molecule has 3 amide bonds. The van der Waals surface area contributed by atoms with Gasteiger partial charge in [0.1, 0.15) is 13.2 Å². The first kappa shape index (κ1) is 29.7. The van der Waals surface area contributed by atoms with Crippen LogP contribution in [0.5, 0.6) is 11.5 Å². The molecule has 1 heterocycles. The van der Waals surface area contributed by atoms with Gasteiger partial charge in [0.2, 0.25) is 5.91 Å². The molecule has 3 aromatic carbocycles. The summed E-state index contributed by atoms with van der Waals surface area (Å²) in [5.74, 6) is 0.0449. The molecule has 1 aliphatic rings. The van der Waals surface area contributed by atoms with Crippen molar-refractivity contribution in [3.63, 3.8) is 0 Å². The maximum absolute atomic E-state index is 13.1. The average Bonchev–Trinajstić information content (AvgIpc) is 3.18. The Kier molecular flexibility index (Phi) is 10.3. The van der Waals surface area contributed by atoms with Crippen molar-refractivity contribution in [1.82, 2.24) is 4.90 Å². The Balaban J connectivity index is 1.55. The molecule has 1 aliphatic heterocycles. The summed E-state index contributed by atoms with van der Waals surface area (Å²) in [6.07, 6.45) is 3.89. The first-order valence-corrected chi connectivity index (χ1v) is 14.6. The fourth-order valence-corrected chi connectivity index (χ4v) is 5.30. The zero-order valence-electron chi connectivity index (χ0n) is 21.6. The maximum Gasteiger partial charge on any atom is 0.294 e. The molecule has 0 unspecified atom stereocenters. The van der Waals surface area contributed by atoms with Gasteiger partial charge in [0.25, 0.3) is 11.1 Å². The summed E-state index contributed by atoms with van der Waals surface area (Å²) in [7, 11) is 0. The molecular weight excluding hydrogens is 663 g/mol. The Bertz CT molecular complexity index is 1480. The summed E-state index contributed by atoms with van der Waals surface area (Å²) >= 11 is 9.13. The number of benzene rings is 3. The molecule has 0 saturated carbocycles. The smallest absolute Gasteiger partial charge is 0.294 e. The van der Waals surface area contributed by atoms with Gasteiger partial charge < -0.3 is 14.8 Å². The predicted octanol–water partition coefficient (Wildman–Crippen LogP) is 7.33. The van der Waals surface area contributed by atoms with Crippen molar-refractivity contribution >= 4 is 74.8 Å². The van der Waals surface area contributed by atoms with Crippen molar-refractivity contribution < 1.29 is 23.9 Å². The number of anilines is 1. The molecule has 0 radical (unpaired) electrons. The summed E-state index contributed by atoms with van der Waals surface area (Å²) in [5, 5.41) is 2.46. The summed E-state index contributed by atoms with van der Waals surface area (Å²) in [6, 6.07) is 18.4. The minimum absolute atomic E-state index is 0.204. The number of amides is 3. The monoisotopic (exact) mass is 688 g/mol. The average molecular weight is 689 g/mol. The Labute approximate surface area is 255 Å². The fraction of sp³-hybridized carbons (Fsp3) is 0.167. The van der Waals surface area contributed by atoms with Crippen molar-refractivity contribution in [3.05, 3.63) is 104 Å². The number of hydrogen-bond donors (Lipinski definition) is 1. The van der Waals surface area contributed by atoms with E-state index in [0.717, 1.165) is 31.4 Å². The first-order valence-electron chi connectivity index (χ1n) is 12.4. The summed E-state index contributed by atoms with van der Waals surface area (Å²) in [4.78, 5) is 39.4. The largest absolute Gasteiger partial charge is 0.490 e. The molecule has 3 aromatic rings. The molecule has 4 rings (SSSR count). The van der Waals surface area contributed by atoms with E-state index in [-0.39, 0.29) is 4.91 Å². The molecule has 1 fully saturated rings. The van der Waals surface area contributed by atoms with Gasteiger partial charge in [0.05, 0.1) is 22.2 Å². The highest BCUT2D eigenvalue weighted by atomic mass is 127. The lowest BCUT2D eigenvalue weighted by Crippen LogP contribution is -2.36. The van der Waals surface area contributed by atoms with Crippen LogP contribution >= 0.6 is 46.0 Å². The third-order valence-corrected chi connectivity index (χ3v) is 7.69. The van der Waals surface area contributed by atoms with E-state index in [1.54, 1.807) is 42.5 Å². The number of rotatable bonds is 11. The van der Waals surface area contributed by atoms with Gasteiger partial charge in [-0.2, -0.15) is 0 Å². The van der Waals surface area contributed by atoms with Crippen LogP contribution in [0.2, 0.25) is 5.02 Å². The molecule has 0 atom stereocenters. The maximum atomic E-state index is 13.1. The van der Waals surface area contributed by atoms with Crippen molar-refractivity contribution in [2.45, 2.75) is 20.0 Å². The van der Waals surface area contributed by atoms with Crippen molar-refractivity contribution in [3.8, 4) is 11.5 Å². The second-order valence-corrected chi connectivity index (χ2v) is 11.3. The molecule has 1 saturated heterocycles. The zero-order valence-corrected chi connectivity index (χ0v) is 25.3. The van der Waals surface area contributed by atoms with E-state index < -0.39 is 23.6 Å². The highest BCUT2D eigenvalue weighted by Crippen LogP contribution is 2.38. The molecule has 0 aromatic heterocycles. The number of halogens is 2. The van der Waals surface area contributed by atoms with E-state index in [9.17, 15) is 14.4 Å². The molecule has 0 bridgehead atoms. The van der Waals surface area contributed by atoms with Gasteiger partial charge in [0, 0.05) is 9.13 Å². The number of nitrogens with one attached hydrogen (secondary N) is 1. The van der Waals surface area contributed by atoms with Crippen LogP contribution in [0.3, 0.4) is 0 Å². The summed E-state index contributed by atoms with van der Waals surface area (Å²) < 4.78 is 13.2. The number of ether oxygens (including phenoxy) is 2. The number of nitrogens with zero attached hydrogens (tertiary/aromatic N) is 1. The van der Waals surface area contributed by atoms with Crippen molar-refractivity contribution in [1.29, 1.82) is 0 Å². The number of allylic oxidation sites excluding steroid dienone is 1. The lowest BCUT2D eigenvalue weighted by molar-refractivity contribution is -0.127. The van der Waals surface area contributed by atoms with E-state index in [0.29, 0.717) is 47.4 Å². The molecule has 0 spiro atoms. The minimum Gasteiger partial charge on any atom is -0.490 e. The number of carbonyl (C=O) groups excluding carboxylic acids is 3. The van der Waals surface area contributed by atoms with Gasteiger partial charge in [-0.25, -0.2) is 0 Å². The Morgan fingerprint density at radius 1 is 1.12 bits per heavy atom. The van der Waals surface area contributed by atoms with Crippen LogP contribution < -0.4 is 14.8 Å². The second-order valence-electron chi connectivity index (χ2n) is 8.64. The minimum atomic E-state index is -0.549. The molecule has 7 nitrogen and oxygen atoms in total. The molecule has 1 N–H and O–H groups in total. The zero-order chi connectivity index (χ0) is 28.6. The van der Waals surface area contributed by atoms with E-state index in [1.807, 2.05) is 37.3 Å². The number of para-hydroxylation sites is 1. The van der Waals surface area contributed by atoms with Crippen LogP contribution in [-0.2, 0) is 22.6 Å². The summed E-state index contributed by atoms with van der Waals surface area (Å²) in [6.45, 7) is 6.08. The standard InChI is InChI=1S/C30H26ClIN2O5S/c1-3-7-21-14-20(15-25(38-4-2)28(21)39-18-19-10-12-22(32)13-11-19)16-26-29(36)34(30(37)40-26)17-27(35)33-24-9-6-5-8-23(24)31/h3,5-6,8-16H,1,4,7,17-18H2,2H3,(H,33,35)/b26-16+. The Morgan fingerprint density at radius 3 is 2.58 bits per heavy atom. The Hall–Kier alpha value is -3.28. The molecule has 40 heavy (non-hydrogen) atoms. The van der Waals surface area contributed by atoms with Crippen LogP contribution in [0, 0.1) is 3.57 Å². The highest BCUT2D eigenvalue weighted by Gasteiger charge is 2.36. The Morgan fingerprint density at radius 2 is 1.88 bits per heavy atom. The quantitative estimate of drug-likeness (QED) is 0.129. The number of thioether (sulfide) groups is 1. The van der Waals surface area contributed by atoms with E-state index >= 15 is 0 Å². The highest BCUT2D eigenvalue weighted by molar-refractivity contribution is 14.1. The fourth-order valence-electron chi connectivity index (χ4n) is 3.92. The normalized spacial score (nSPS) is 14.0. The van der Waals surface area contributed by atoms with Crippen LogP contribution in [0.4, 0.5) is 10.5 Å². The van der Waals surface area contributed by atoms with Crippen LogP contribution in [0.25, 0.3) is 6.08 Å². The number of imide groups is 1. The van der Waals surface area contributed by atoms with Gasteiger partial charge >= 0.3 is 0 Å². The molecular formula is C30H26ClIN2O5S.